The van der Waals surface area contributed by atoms with E-state index >= 15 is 0 Å². The Morgan fingerprint density at radius 2 is 1.89 bits per heavy atom. The third-order valence-corrected chi connectivity index (χ3v) is 6.86. The van der Waals surface area contributed by atoms with Crippen LogP contribution in [0, 0.1) is 5.92 Å². The molecule has 1 heterocycles. The highest BCUT2D eigenvalue weighted by atomic mass is 16.5. The second-order valence-electron chi connectivity index (χ2n) is 8.97. The summed E-state index contributed by atoms with van der Waals surface area (Å²) in [6.45, 7) is 4.03. The number of ether oxygens (including phenoxy) is 1. The number of carbonyl (C=O) groups excluding carboxylic acids is 3. The Hall–Kier alpha value is -3.87. The van der Waals surface area contributed by atoms with Crippen molar-refractivity contribution in [1.29, 1.82) is 0 Å². The summed E-state index contributed by atoms with van der Waals surface area (Å²) in [6, 6.07) is 16.1. The van der Waals surface area contributed by atoms with E-state index in [0.717, 1.165) is 22.2 Å². The zero-order valence-electron chi connectivity index (χ0n) is 20.3. The zero-order chi connectivity index (χ0) is 25.1. The van der Waals surface area contributed by atoms with Crippen LogP contribution in [0.15, 0.2) is 54.6 Å². The predicted octanol–water partition coefficient (Wildman–Crippen LogP) is 3.96. The molecule has 0 bridgehead atoms. The van der Waals surface area contributed by atoms with Gasteiger partial charge in [-0.25, -0.2) is 0 Å². The van der Waals surface area contributed by atoms with Crippen molar-refractivity contribution in [3.63, 3.8) is 0 Å². The summed E-state index contributed by atoms with van der Waals surface area (Å²) in [5, 5.41) is 4.47. The lowest BCUT2D eigenvalue weighted by Gasteiger charge is -2.28. The molecule has 0 saturated carbocycles. The summed E-state index contributed by atoms with van der Waals surface area (Å²) in [5.41, 5.74) is 8.64. The second kappa shape index (κ2) is 10.2. The van der Waals surface area contributed by atoms with Gasteiger partial charge in [-0.3, -0.25) is 14.4 Å². The highest BCUT2D eigenvalue weighted by Crippen LogP contribution is 2.35. The van der Waals surface area contributed by atoms with Gasteiger partial charge < -0.3 is 20.7 Å². The van der Waals surface area contributed by atoms with Gasteiger partial charge in [0.1, 0.15) is 11.8 Å². The minimum absolute atomic E-state index is 0.120. The van der Waals surface area contributed by atoms with Gasteiger partial charge in [-0.15, -0.1) is 0 Å². The molecular formula is C28H31N3O4. The van der Waals surface area contributed by atoms with Crippen LogP contribution in [0.2, 0.25) is 0 Å². The molecule has 35 heavy (non-hydrogen) atoms. The maximum absolute atomic E-state index is 13.9. The van der Waals surface area contributed by atoms with E-state index in [-0.39, 0.29) is 24.3 Å². The summed E-state index contributed by atoms with van der Waals surface area (Å²) in [7, 11) is 1.58. The van der Waals surface area contributed by atoms with Gasteiger partial charge in [0.15, 0.2) is 0 Å². The number of anilines is 1. The van der Waals surface area contributed by atoms with Gasteiger partial charge in [0.05, 0.1) is 13.7 Å². The van der Waals surface area contributed by atoms with Gasteiger partial charge in [-0.2, -0.15) is 0 Å². The molecule has 3 aromatic rings. The van der Waals surface area contributed by atoms with E-state index in [1.165, 1.54) is 0 Å². The number of primary amides is 1. The summed E-state index contributed by atoms with van der Waals surface area (Å²) in [6.07, 6.45) is 1.89. The average Bonchev–Trinajstić information content (AvgIpc) is 3.00. The third-order valence-electron chi connectivity index (χ3n) is 6.86. The van der Waals surface area contributed by atoms with Crippen LogP contribution >= 0.6 is 0 Å². The standard InChI is InChI=1S/C28H31N3O4/c1-4-17(2)27(33)30-23-14-12-18-8-5-6-11-24(18)31(28(23)34)16-22-19-9-7-10-21(26(29)32)20(19)13-15-25(22)35-3/h5-11,13,15,17,23H,4,12,14,16H2,1-3H3,(H2,29,32)(H,30,33)/t17-,23+/m1/s1. The lowest BCUT2D eigenvalue weighted by atomic mass is 9.98. The molecule has 1 aliphatic rings. The molecule has 2 atom stereocenters. The van der Waals surface area contributed by atoms with Crippen LogP contribution in [-0.4, -0.2) is 30.9 Å². The Labute approximate surface area is 205 Å². The van der Waals surface area contributed by atoms with Gasteiger partial charge in [-0.1, -0.05) is 44.2 Å². The summed E-state index contributed by atoms with van der Waals surface area (Å²) >= 11 is 0. The first-order valence-corrected chi connectivity index (χ1v) is 11.9. The Morgan fingerprint density at radius 3 is 2.60 bits per heavy atom. The minimum Gasteiger partial charge on any atom is -0.496 e. The van der Waals surface area contributed by atoms with Crippen molar-refractivity contribution in [2.45, 2.75) is 45.7 Å². The van der Waals surface area contributed by atoms with E-state index in [4.69, 9.17) is 10.5 Å². The lowest BCUT2D eigenvalue weighted by Crippen LogP contribution is -2.49. The third kappa shape index (κ3) is 4.71. The molecule has 3 N–H and O–H groups in total. The number of hydrogen-bond acceptors (Lipinski definition) is 4. The van der Waals surface area contributed by atoms with Crippen LogP contribution < -0.4 is 20.7 Å². The van der Waals surface area contributed by atoms with Crippen molar-refractivity contribution in [3.05, 3.63) is 71.3 Å². The van der Waals surface area contributed by atoms with Crippen LogP contribution in [-0.2, 0) is 22.6 Å². The maximum atomic E-state index is 13.9. The zero-order valence-corrected chi connectivity index (χ0v) is 20.3. The molecule has 7 heteroatoms. The summed E-state index contributed by atoms with van der Waals surface area (Å²) in [5.74, 6) is -0.376. The maximum Gasteiger partial charge on any atom is 0.249 e. The molecule has 0 aliphatic carbocycles. The van der Waals surface area contributed by atoms with Gasteiger partial charge in [0.2, 0.25) is 17.7 Å². The Bertz CT molecular complexity index is 1290. The number of para-hydroxylation sites is 1. The molecule has 3 aromatic carbocycles. The van der Waals surface area contributed by atoms with Gasteiger partial charge in [0.25, 0.3) is 0 Å². The highest BCUT2D eigenvalue weighted by Gasteiger charge is 2.33. The normalized spacial score (nSPS) is 16.4. The van der Waals surface area contributed by atoms with Gasteiger partial charge in [0, 0.05) is 22.7 Å². The van der Waals surface area contributed by atoms with E-state index in [0.29, 0.717) is 36.0 Å². The molecular weight excluding hydrogens is 442 g/mol. The van der Waals surface area contributed by atoms with Crippen molar-refractivity contribution in [2.24, 2.45) is 11.7 Å². The molecule has 7 nitrogen and oxygen atoms in total. The van der Waals surface area contributed by atoms with Crippen molar-refractivity contribution in [2.75, 3.05) is 12.0 Å². The molecule has 0 fully saturated rings. The summed E-state index contributed by atoms with van der Waals surface area (Å²) in [4.78, 5) is 40.3. The van der Waals surface area contributed by atoms with Gasteiger partial charge in [-0.05, 0) is 59.9 Å². The Kier molecular flexibility index (Phi) is 7.05. The SMILES string of the molecule is CC[C@@H](C)C(=O)N[C@H]1CCc2ccccc2N(Cc2c(OC)ccc3c(C(N)=O)cccc23)C1=O. The number of aryl methyl sites for hydroxylation is 1. The number of nitrogens with two attached hydrogens (primary N) is 1. The molecule has 0 radical (unpaired) electrons. The first-order valence-electron chi connectivity index (χ1n) is 11.9. The quantitative estimate of drug-likeness (QED) is 0.542. The van der Waals surface area contributed by atoms with E-state index in [1.54, 1.807) is 30.2 Å². The Morgan fingerprint density at radius 1 is 1.11 bits per heavy atom. The fraction of sp³-hybridized carbons (Fsp3) is 0.321. The molecule has 0 aromatic heterocycles. The molecule has 4 rings (SSSR count). The highest BCUT2D eigenvalue weighted by molar-refractivity contribution is 6.08. The number of benzene rings is 3. The van der Waals surface area contributed by atoms with Crippen molar-refractivity contribution in [1.82, 2.24) is 5.32 Å². The first-order chi connectivity index (χ1) is 16.8. The van der Waals surface area contributed by atoms with E-state index < -0.39 is 11.9 Å². The van der Waals surface area contributed by atoms with Crippen LogP contribution in [0.3, 0.4) is 0 Å². The fourth-order valence-corrected chi connectivity index (χ4v) is 4.64. The number of hydrogen-bond donors (Lipinski definition) is 2. The molecule has 0 unspecified atom stereocenters. The molecule has 3 amide bonds. The molecule has 0 saturated heterocycles. The van der Waals surface area contributed by atoms with E-state index in [2.05, 4.69) is 5.32 Å². The Balaban J connectivity index is 1.81. The lowest BCUT2D eigenvalue weighted by molar-refractivity contribution is -0.129. The largest absolute Gasteiger partial charge is 0.496 e. The fourth-order valence-electron chi connectivity index (χ4n) is 4.64. The summed E-state index contributed by atoms with van der Waals surface area (Å²) < 4.78 is 5.66. The number of amides is 3. The molecule has 182 valence electrons. The topological polar surface area (TPSA) is 102 Å². The molecule has 1 aliphatic heterocycles. The van der Waals surface area contributed by atoms with Crippen molar-refractivity contribution < 1.29 is 19.1 Å². The number of rotatable bonds is 7. The minimum atomic E-state index is -0.633. The van der Waals surface area contributed by atoms with Crippen LogP contribution in [0.4, 0.5) is 5.69 Å². The smallest absolute Gasteiger partial charge is 0.249 e. The molecule has 0 spiro atoms. The van der Waals surface area contributed by atoms with E-state index in [9.17, 15) is 14.4 Å². The first kappa shape index (κ1) is 24.3. The second-order valence-corrected chi connectivity index (χ2v) is 8.97. The van der Waals surface area contributed by atoms with Crippen LogP contribution in [0.1, 0.15) is 48.2 Å². The number of methoxy groups -OCH3 is 1. The van der Waals surface area contributed by atoms with Gasteiger partial charge >= 0.3 is 0 Å². The number of carbonyl (C=O) groups is 3. The van der Waals surface area contributed by atoms with Crippen LogP contribution in [0.25, 0.3) is 10.8 Å². The van der Waals surface area contributed by atoms with Crippen molar-refractivity contribution in [3.8, 4) is 5.75 Å². The average molecular weight is 474 g/mol. The van der Waals surface area contributed by atoms with Crippen molar-refractivity contribution >= 4 is 34.2 Å². The monoisotopic (exact) mass is 473 g/mol. The number of nitrogens with zero attached hydrogens (tertiary/aromatic N) is 1. The van der Waals surface area contributed by atoms with Crippen LogP contribution in [0.5, 0.6) is 5.75 Å². The number of nitrogens with one attached hydrogen (secondary N) is 1. The number of fused-ring (bicyclic) bond motifs is 2. The van der Waals surface area contributed by atoms with E-state index in [1.807, 2.05) is 50.2 Å². The predicted molar refractivity (Wildman–Crippen MR) is 136 cm³/mol.